The maximum atomic E-state index is 10.9. The lowest BCUT2D eigenvalue weighted by molar-refractivity contribution is -0.156. The van der Waals surface area contributed by atoms with Crippen molar-refractivity contribution in [1.29, 1.82) is 0 Å². The highest BCUT2D eigenvalue weighted by Crippen LogP contribution is 2.12. The molecule has 0 spiro atoms. The maximum absolute atomic E-state index is 10.9. The van der Waals surface area contributed by atoms with Crippen molar-refractivity contribution >= 4 is 5.97 Å². The van der Waals surface area contributed by atoms with E-state index < -0.39 is 12.1 Å². The zero-order valence-electron chi connectivity index (χ0n) is 11.0. The molecule has 1 aromatic rings. The molecule has 0 radical (unpaired) electrons. The van der Waals surface area contributed by atoms with E-state index in [0.29, 0.717) is 19.8 Å². The monoisotopic (exact) mass is 265 g/mol. The number of carbonyl (C=O) groups is 1. The molecule has 1 fully saturated rings. The fourth-order valence-electron chi connectivity index (χ4n) is 2.16. The topological polar surface area (TPSA) is 59.0 Å². The molecular weight excluding hydrogens is 246 g/mol. The van der Waals surface area contributed by atoms with Crippen LogP contribution in [0.25, 0.3) is 0 Å². The summed E-state index contributed by atoms with van der Waals surface area (Å²) >= 11 is 0. The zero-order chi connectivity index (χ0) is 13.7. The molecule has 1 aliphatic rings. The predicted octanol–water partition coefficient (Wildman–Crippen LogP) is 1.12. The van der Waals surface area contributed by atoms with E-state index in [1.54, 1.807) is 7.11 Å². The average Bonchev–Trinajstić information content (AvgIpc) is 2.42. The largest absolute Gasteiger partial charge is 0.479 e. The molecule has 5 nitrogen and oxygen atoms in total. The minimum absolute atomic E-state index is 0.440. The first-order valence-electron chi connectivity index (χ1n) is 6.32. The Balaban J connectivity index is 1.91. The van der Waals surface area contributed by atoms with Gasteiger partial charge in [-0.25, -0.2) is 4.79 Å². The van der Waals surface area contributed by atoms with Crippen molar-refractivity contribution in [3.8, 4) is 0 Å². The van der Waals surface area contributed by atoms with Crippen molar-refractivity contribution in [2.45, 2.75) is 19.3 Å². The van der Waals surface area contributed by atoms with Gasteiger partial charge < -0.3 is 14.6 Å². The molecule has 5 heteroatoms. The molecule has 1 aromatic carbocycles. The summed E-state index contributed by atoms with van der Waals surface area (Å²) in [6.07, 6.45) is -0.707. The van der Waals surface area contributed by atoms with Crippen LogP contribution in [0.4, 0.5) is 0 Å². The summed E-state index contributed by atoms with van der Waals surface area (Å²) in [5.74, 6) is -0.889. The second-order valence-corrected chi connectivity index (χ2v) is 4.68. The number of morpholine rings is 1. The molecule has 1 N–H and O–H groups in total. The Bertz CT molecular complexity index is 418. The van der Waals surface area contributed by atoms with Gasteiger partial charge in [0.25, 0.3) is 0 Å². The quantitative estimate of drug-likeness (QED) is 0.864. The standard InChI is InChI=1S/C14H19NO4/c1-18-10-12-4-2-11(3-5-12)8-15-6-7-19-13(9-15)14(16)17/h2-5,13H,6-10H2,1H3,(H,16,17). The Morgan fingerprint density at radius 2 is 2.11 bits per heavy atom. The molecule has 1 heterocycles. The van der Waals surface area contributed by atoms with Gasteiger partial charge >= 0.3 is 5.97 Å². The van der Waals surface area contributed by atoms with Gasteiger partial charge in [-0.2, -0.15) is 0 Å². The van der Waals surface area contributed by atoms with E-state index in [-0.39, 0.29) is 0 Å². The summed E-state index contributed by atoms with van der Waals surface area (Å²) in [5.41, 5.74) is 2.31. The number of hydrogen-bond donors (Lipinski definition) is 1. The van der Waals surface area contributed by atoms with Gasteiger partial charge in [0, 0.05) is 26.7 Å². The maximum Gasteiger partial charge on any atom is 0.334 e. The fourth-order valence-corrected chi connectivity index (χ4v) is 2.16. The Morgan fingerprint density at radius 1 is 1.42 bits per heavy atom. The zero-order valence-corrected chi connectivity index (χ0v) is 11.0. The Labute approximate surface area is 112 Å². The minimum Gasteiger partial charge on any atom is -0.479 e. The molecule has 104 valence electrons. The molecule has 0 amide bonds. The summed E-state index contributed by atoms with van der Waals surface area (Å²) in [4.78, 5) is 13.0. The molecule has 0 aliphatic carbocycles. The van der Waals surface area contributed by atoms with Gasteiger partial charge in [-0.15, -0.1) is 0 Å². The summed E-state index contributed by atoms with van der Waals surface area (Å²) < 4.78 is 10.3. The molecule has 1 unspecified atom stereocenters. The first-order chi connectivity index (χ1) is 9.19. The molecule has 19 heavy (non-hydrogen) atoms. The summed E-state index contributed by atoms with van der Waals surface area (Å²) in [7, 11) is 1.67. The number of carboxylic acids is 1. The van der Waals surface area contributed by atoms with Gasteiger partial charge in [-0.05, 0) is 11.1 Å². The second-order valence-electron chi connectivity index (χ2n) is 4.68. The van der Waals surface area contributed by atoms with Crippen molar-refractivity contribution in [3.63, 3.8) is 0 Å². The normalized spacial score (nSPS) is 20.4. The second kappa shape index (κ2) is 6.65. The van der Waals surface area contributed by atoms with Gasteiger partial charge in [-0.1, -0.05) is 24.3 Å². The van der Waals surface area contributed by atoms with Crippen LogP contribution >= 0.6 is 0 Å². The van der Waals surface area contributed by atoms with Crippen molar-refractivity contribution in [2.24, 2.45) is 0 Å². The summed E-state index contributed by atoms with van der Waals surface area (Å²) in [6.45, 7) is 3.04. The first kappa shape index (κ1) is 14.0. The van der Waals surface area contributed by atoms with Gasteiger partial charge in [0.2, 0.25) is 0 Å². The van der Waals surface area contributed by atoms with Crippen molar-refractivity contribution in [1.82, 2.24) is 4.90 Å². The third-order valence-corrected chi connectivity index (χ3v) is 3.17. The SMILES string of the molecule is COCc1ccc(CN2CCOC(C(=O)O)C2)cc1. The number of carboxylic acid groups (broad SMARTS) is 1. The third kappa shape index (κ3) is 4.02. The number of aliphatic carboxylic acids is 1. The molecular formula is C14H19NO4. The van der Waals surface area contributed by atoms with E-state index in [0.717, 1.165) is 18.7 Å². The van der Waals surface area contributed by atoms with Gasteiger partial charge in [0.15, 0.2) is 6.10 Å². The molecule has 1 aliphatic heterocycles. The third-order valence-electron chi connectivity index (χ3n) is 3.17. The lowest BCUT2D eigenvalue weighted by atomic mass is 10.1. The van der Waals surface area contributed by atoms with Crippen molar-refractivity contribution < 1.29 is 19.4 Å². The van der Waals surface area contributed by atoms with Crippen LogP contribution in [0, 0.1) is 0 Å². The average molecular weight is 265 g/mol. The summed E-state index contributed by atoms with van der Waals surface area (Å²) in [5, 5.41) is 8.95. The van der Waals surface area contributed by atoms with Crippen LogP contribution in [0.5, 0.6) is 0 Å². The van der Waals surface area contributed by atoms with E-state index in [1.165, 1.54) is 5.56 Å². The number of nitrogens with zero attached hydrogens (tertiary/aromatic N) is 1. The Hall–Kier alpha value is -1.43. The first-order valence-corrected chi connectivity index (χ1v) is 6.32. The highest BCUT2D eigenvalue weighted by atomic mass is 16.5. The highest BCUT2D eigenvalue weighted by Gasteiger charge is 2.25. The Morgan fingerprint density at radius 3 is 2.74 bits per heavy atom. The molecule has 0 saturated carbocycles. The van der Waals surface area contributed by atoms with E-state index >= 15 is 0 Å². The lowest BCUT2D eigenvalue weighted by Gasteiger charge is -2.30. The van der Waals surface area contributed by atoms with E-state index in [1.807, 2.05) is 12.1 Å². The van der Waals surface area contributed by atoms with Crippen LogP contribution in [0.15, 0.2) is 24.3 Å². The van der Waals surface area contributed by atoms with E-state index in [9.17, 15) is 4.79 Å². The molecule has 2 rings (SSSR count). The van der Waals surface area contributed by atoms with Crippen LogP contribution < -0.4 is 0 Å². The van der Waals surface area contributed by atoms with Crippen molar-refractivity contribution in [3.05, 3.63) is 35.4 Å². The molecule has 0 bridgehead atoms. The highest BCUT2D eigenvalue weighted by molar-refractivity contribution is 5.72. The fraction of sp³-hybridized carbons (Fsp3) is 0.500. The number of methoxy groups -OCH3 is 1. The number of ether oxygens (including phenoxy) is 2. The van der Waals surface area contributed by atoms with Gasteiger partial charge in [0.05, 0.1) is 13.2 Å². The van der Waals surface area contributed by atoms with Crippen LogP contribution in [-0.2, 0) is 27.4 Å². The molecule has 0 aromatic heterocycles. The number of benzene rings is 1. The smallest absolute Gasteiger partial charge is 0.334 e. The lowest BCUT2D eigenvalue weighted by Crippen LogP contribution is -2.45. The molecule has 1 saturated heterocycles. The van der Waals surface area contributed by atoms with Crippen LogP contribution in [-0.4, -0.2) is 48.9 Å². The van der Waals surface area contributed by atoms with E-state index in [4.69, 9.17) is 14.6 Å². The number of hydrogen-bond acceptors (Lipinski definition) is 4. The van der Waals surface area contributed by atoms with Crippen LogP contribution in [0.2, 0.25) is 0 Å². The number of rotatable bonds is 5. The predicted molar refractivity (Wildman–Crippen MR) is 69.8 cm³/mol. The van der Waals surface area contributed by atoms with E-state index in [2.05, 4.69) is 17.0 Å². The van der Waals surface area contributed by atoms with Crippen LogP contribution in [0.3, 0.4) is 0 Å². The van der Waals surface area contributed by atoms with Crippen molar-refractivity contribution in [2.75, 3.05) is 26.8 Å². The van der Waals surface area contributed by atoms with Crippen LogP contribution in [0.1, 0.15) is 11.1 Å². The minimum atomic E-state index is -0.889. The summed E-state index contributed by atoms with van der Waals surface area (Å²) in [6, 6.07) is 8.18. The van der Waals surface area contributed by atoms with Gasteiger partial charge in [0.1, 0.15) is 0 Å². The van der Waals surface area contributed by atoms with Gasteiger partial charge in [-0.3, -0.25) is 4.90 Å². The Kier molecular flexibility index (Phi) is 4.90. The molecule has 1 atom stereocenters.